The maximum atomic E-state index is 11.1. The number of anilines is 1. The van der Waals surface area contributed by atoms with E-state index < -0.39 is 9.85 Å². The predicted octanol–water partition coefficient (Wildman–Crippen LogP) is 8.23. The number of unbranched alkanes of at least 4 members (excludes halogenated alkanes) is 15. The minimum atomic E-state index is -0.660. The summed E-state index contributed by atoms with van der Waals surface area (Å²) in [5.74, 6) is 0. The zero-order chi connectivity index (χ0) is 29.1. The van der Waals surface area contributed by atoms with Crippen molar-refractivity contribution in [1.82, 2.24) is 0 Å². The van der Waals surface area contributed by atoms with Gasteiger partial charge in [0, 0.05) is 19.2 Å². The summed E-state index contributed by atoms with van der Waals surface area (Å²) in [4.78, 5) is 20.6. The van der Waals surface area contributed by atoms with Crippen LogP contribution in [0.1, 0.15) is 110 Å². The highest BCUT2D eigenvalue weighted by Gasteiger charge is 2.18. The average molecular weight is 568 g/mol. The van der Waals surface area contributed by atoms with Crippen LogP contribution in [0.5, 0.6) is 0 Å². The van der Waals surface area contributed by atoms with Crippen molar-refractivity contribution in [3.8, 4) is 0 Å². The molecule has 0 heterocycles. The van der Waals surface area contributed by atoms with Gasteiger partial charge in [0.2, 0.25) is 0 Å². The third-order valence-electron chi connectivity index (χ3n) is 6.84. The molecular weight excluding hydrogens is 514 g/mol. The molecule has 40 heavy (non-hydrogen) atoms. The van der Waals surface area contributed by atoms with E-state index >= 15 is 0 Å². The number of nitro benzene ring substituents is 2. The fourth-order valence-electron chi connectivity index (χ4n) is 4.49. The molecule has 0 radical (unpaired) electrons. The number of hydrogen-bond acceptors (Lipinski definition) is 8. The maximum Gasteiger partial charge on any atom is 0.299 e. The average Bonchev–Trinajstić information content (AvgIpc) is 2.94. The Kier molecular flexibility index (Phi) is 22.9. The van der Waals surface area contributed by atoms with Crippen molar-refractivity contribution in [3.05, 3.63) is 38.4 Å². The first-order valence-corrected chi connectivity index (χ1v) is 15.5. The number of non-ortho nitro benzene ring substituents is 1. The lowest BCUT2D eigenvalue weighted by Gasteiger charge is -2.09. The molecule has 10 heteroatoms. The number of nitrogens with one attached hydrogen (secondary N) is 1. The van der Waals surface area contributed by atoms with Crippen LogP contribution in [0.25, 0.3) is 0 Å². The van der Waals surface area contributed by atoms with Crippen molar-refractivity contribution in [2.75, 3.05) is 51.5 Å². The van der Waals surface area contributed by atoms with Crippen LogP contribution < -0.4 is 5.32 Å². The van der Waals surface area contributed by atoms with Gasteiger partial charge in [0.15, 0.2) is 0 Å². The van der Waals surface area contributed by atoms with Crippen LogP contribution in [0, 0.1) is 20.2 Å². The van der Waals surface area contributed by atoms with Crippen LogP contribution in [-0.2, 0) is 14.2 Å². The van der Waals surface area contributed by atoms with E-state index in [1.54, 1.807) is 0 Å². The van der Waals surface area contributed by atoms with E-state index in [1.807, 2.05) is 0 Å². The maximum absolute atomic E-state index is 11.1. The third kappa shape index (κ3) is 19.7. The topological polar surface area (TPSA) is 126 Å². The van der Waals surface area contributed by atoms with Crippen molar-refractivity contribution in [2.24, 2.45) is 0 Å². The quantitative estimate of drug-likeness (QED) is 0.0583. The Morgan fingerprint density at radius 2 is 1.05 bits per heavy atom. The largest absolute Gasteiger partial charge is 0.379 e. The standard InChI is InChI=1S/C30H53N3O7/c1-2-3-4-5-6-7-8-9-10-11-12-13-14-15-16-17-21-38-23-25-40-26-24-39-22-20-31-29-19-18-28(32(34)35)27-30(29)33(36)37/h18-19,27,31H,2-17,20-26H2,1H3. The van der Waals surface area contributed by atoms with Gasteiger partial charge in [-0.3, -0.25) is 20.2 Å². The van der Waals surface area contributed by atoms with Crippen molar-refractivity contribution < 1.29 is 24.1 Å². The molecule has 0 aliphatic rings. The van der Waals surface area contributed by atoms with Crippen molar-refractivity contribution in [2.45, 2.75) is 110 Å². The number of hydrogen-bond donors (Lipinski definition) is 1. The number of rotatable bonds is 29. The second-order valence-corrected chi connectivity index (χ2v) is 10.3. The van der Waals surface area contributed by atoms with Gasteiger partial charge >= 0.3 is 0 Å². The van der Waals surface area contributed by atoms with Gasteiger partial charge in [-0.15, -0.1) is 0 Å². The molecule has 0 aromatic heterocycles. The lowest BCUT2D eigenvalue weighted by Crippen LogP contribution is -2.14. The molecular formula is C30H53N3O7. The molecule has 0 saturated carbocycles. The van der Waals surface area contributed by atoms with E-state index in [1.165, 1.54) is 108 Å². The van der Waals surface area contributed by atoms with Crippen LogP contribution in [0.4, 0.5) is 17.1 Å². The lowest BCUT2D eigenvalue weighted by atomic mass is 10.0. The zero-order valence-electron chi connectivity index (χ0n) is 24.7. The van der Waals surface area contributed by atoms with Gasteiger partial charge in [-0.2, -0.15) is 0 Å². The van der Waals surface area contributed by atoms with Gasteiger partial charge in [0.1, 0.15) is 5.69 Å². The van der Waals surface area contributed by atoms with Gasteiger partial charge in [-0.25, -0.2) is 0 Å². The Morgan fingerprint density at radius 3 is 1.52 bits per heavy atom. The molecule has 0 fully saturated rings. The Hall–Kier alpha value is -2.30. The zero-order valence-corrected chi connectivity index (χ0v) is 24.7. The smallest absolute Gasteiger partial charge is 0.299 e. The SMILES string of the molecule is CCCCCCCCCCCCCCCCCCOCCOCCOCCNc1ccc([N+](=O)[O-])cc1[N+](=O)[O-]. The highest BCUT2D eigenvalue weighted by Crippen LogP contribution is 2.28. The van der Waals surface area contributed by atoms with E-state index in [4.69, 9.17) is 14.2 Å². The molecule has 0 spiro atoms. The minimum absolute atomic E-state index is 0.219. The Morgan fingerprint density at radius 1 is 0.600 bits per heavy atom. The highest BCUT2D eigenvalue weighted by atomic mass is 16.6. The molecule has 1 N–H and O–H groups in total. The molecule has 0 aliphatic heterocycles. The molecule has 1 aromatic carbocycles. The van der Waals surface area contributed by atoms with Crippen molar-refractivity contribution >= 4 is 17.1 Å². The fraction of sp³-hybridized carbons (Fsp3) is 0.800. The van der Waals surface area contributed by atoms with Crippen molar-refractivity contribution in [3.63, 3.8) is 0 Å². The summed E-state index contributed by atoms with van der Waals surface area (Å²) in [5, 5.41) is 24.8. The summed E-state index contributed by atoms with van der Waals surface area (Å²) >= 11 is 0. The molecule has 0 saturated heterocycles. The second kappa shape index (κ2) is 25.7. The molecule has 0 atom stereocenters. The summed E-state index contributed by atoms with van der Waals surface area (Å²) in [6, 6.07) is 3.51. The van der Waals surface area contributed by atoms with Crippen LogP contribution in [0.2, 0.25) is 0 Å². The molecule has 0 amide bonds. The summed E-state index contributed by atoms with van der Waals surface area (Å²) in [7, 11) is 0. The normalized spacial score (nSPS) is 11.1. The molecule has 0 bridgehead atoms. The Balaban J connectivity index is 1.80. The van der Waals surface area contributed by atoms with E-state index in [9.17, 15) is 20.2 Å². The first kappa shape index (κ1) is 35.7. The summed E-state index contributed by atoms with van der Waals surface area (Å²) in [5.41, 5.74) is -0.436. The van der Waals surface area contributed by atoms with Gasteiger partial charge in [-0.05, 0) is 12.5 Å². The molecule has 230 valence electrons. The molecule has 1 aromatic rings. The van der Waals surface area contributed by atoms with E-state index in [-0.39, 0.29) is 17.1 Å². The molecule has 10 nitrogen and oxygen atoms in total. The number of benzene rings is 1. The van der Waals surface area contributed by atoms with E-state index in [0.717, 1.165) is 19.1 Å². The highest BCUT2D eigenvalue weighted by molar-refractivity contribution is 5.65. The van der Waals surface area contributed by atoms with Crippen LogP contribution in [-0.4, -0.2) is 56.0 Å². The van der Waals surface area contributed by atoms with Crippen LogP contribution in [0.15, 0.2) is 18.2 Å². The first-order chi connectivity index (χ1) is 19.6. The van der Waals surface area contributed by atoms with Gasteiger partial charge in [-0.1, -0.05) is 103 Å². The summed E-state index contributed by atoms with van der Waals surface area (Å²) in [6.45, 7) is 5.66. The van der Waals surface area contributed by atoms with Gasteiger partial charge in [0.05, 0.1) is 48.9 Å². The monoisotopic (exact) mass is 567 g/mol. The molecule has 0 aliphatic carbocycles. The lowest BCUT2D eigenvalue weighted by molar-refractivity contribution is -0.393. The van der Waals surface area contributed by atoms with Crippen molar-refractivity contribution in [1.29, 1.82) is 0 Å². The molecule has 1 rings (SSSR count). The Labute approximate surface area is 240 Å². The van der Waals surface area contributed by atoms with E-state index in [0.29, 0.717) is 39.6 Å². The molecule has 0 unspecified atom stereocenters. The number of ether oxygens (including phenoxy) is 3. The van der Waals surface area contributed by atoms with Crippen LogP contribution >= 0.6 is 0 Å². The predicted molar refractivity (Wildman–Crippen MR) is 160 cm³/mol. The van der Waals surface area contributed by atoms with Gasteiger partial charge in [0.25, 0.3) is 11.4 Å². The second-order valence-electron chi connectivity index (χ2n) is 10.3. The first-order valence-electron chi connectivity index (χ1n) is 15.5. The van der Waals surface area contributed by atoms with Gasteiger partial charge < -0.3 is 19.5 Å². The third-order valence-corrected chi connectivity index (χ3v) is 6.84. The van der Waals surface area contributed by atoms with E-state index in [2.05, 4.69) is 12.2 Å². The number of nitrogens with zero attached hydrogens (tertiary/aromatic N) is 2. The Bertz CT molecular complexity index is 780. The number of nitro groups is 2. The fourth-order valence-corrected chi connectivity index (χ4v) is 4.49. The van der Waals surface area contributed by atoms with Crippen LogP contribution in [0.3, 0.4) is 0 Å². The summed E-state index contributed by atoms with van der Waals surface area (Å²) in [6.07, 6.45) is 21.8. The minimum Gasteiger partial charge on any atom is -0.379 e. The summed E-state index contributed by atoms with van der Waals surface area (Å²) < 4.78 is 16.6.